The van der Waals surface area contributed by atoms with Gasteiger partial charge in [0, 0.05) is 19.5 Å². The molecule has 0 aliphatic carbocycles. The Morgan fingerprint density at radius 1 is 1.58 bits per heavy atom. The van der Waals surface area contributed by atoms with E-state index in [1.807, 2.05) is 0 Å². The van der Waals surface area contributed by atoms with Crippen LogP contribution in [0.2, 0.25) is 0 Å². The Morgan fingerprint density at radius 3 is 3.08 bits per heavy atom. The van der Waals surface area contributed by atoms with Crippen LogP contribution in [0.1, 0.15) is 12.8 Å². The molecule has 0 spiro atoms. The fraction of sp³-hybridized carbons (Fsp3) is 0.889. The van der Waals surface area contributed by atoms with Gasteiger partial charge in [0.05, 0.1) is 6.54 Å². The van der Waals surface area contributed by atoms with Crippen molar-refractivity contribution in [2.75, 3.05) is 31.1 Å². The maximum Gasteiger partial charge on any atom is 0.148 e. The molecule has 0 aromatic carbocycles. The zero-order valence-electron chi connectivity index (χ0n) is 7.29. The first-order valence-corrected chi connectivity index (χ1v) is 5.82. The lowest BCUT2D eigenvalue weighted by Gasteiger charge is -2.17. The van der Waals surface area contributed by atoms with E-state index in [1.54, 1.807) is 0 Å². The molecule has 2 nitrogen and oxygen atoms in total. The molecule has 0 bridgehead atoms. The molecular formula is C9H15NOS. The summed E-state index contributed by atoms with van der Waals surface area (Å²) in [5, 5.41) is 0. The van der Waals surface area contributed by atoms with E-state index in [4.69, 9.17) is 0 Å². The van der Waals surface area contributed by atoms with E-state index in [9.17, 15) is 4.79 Å². The number of rotatable bonds is 2. The molecule has 0 amide bonds. The molecule has 0 aromatic heterocycles. The van der Waals surface area contributed by atoms with Gasteiger partial charge in [0.25, 0.3) is 0 Å². The van der Waals surface area contributed by atoms with Crippen LogP contribution >= 0.6 is 11.8 Å². The zero-order chi connectivity index (χ0) is 8.39. The summed E-state index contributed by atoms with van der Waals surface area (Å²) in [6, 6.07) is 0. The highest BCUT2D eigenvalue weighted by atomic mass is 32.2. The molecule has 2 fully saturated rings. The quantitative estimate of drug-likeness (QED) is 0.640. The van der Waals surface area contributed by atoms with E-state index < -0.39 is 0 Å². The summed E-state index contributed by atoms with van der Waals surface area (Å²) < 4.78 is 0. The first-order chi connectivity index (χ1) is 5.84. The number of hydrogen-bond acceptors (Lipinski definition) is 3. The van der Waals surface area contributed by atoms with Crippen molar-refractivity contribution in [1.82, 2.24) is 4.90 Å². The minimum Gasteiger partial charge on any atom is -0.298 e. The van der Waals surface area contributed by atoms with Crippen LogP contribution in [-0.4, -0.2) is 41.8 Å². The third kappa shape index (κ3) is 2.02. The monoisotopic (exact) mass is 185 g/mol. The van der Waals surface area contributed by atoms with Crippen molar-refractivity contribution < 1.29 is 4.79 Å². The van der Waals surface area contributed by atoms with Crippen LogP contribution < -0.4 is 0 Å². The van der Waals surface area contributed by atoms with E-state index in [0.717, 1.165) is 25.4 Å². The number of nitrogens with zero attached hydrogens (tertiary/aromatic N) is 1. The van der Waals surface area contributed by atoms with Gasteiger partial charge < -0.3 is 0 Å². The Morgan fingerprint density at radius 2 is 2.50 bits per heavy atom. The second kappa shape index (κ2) is 3.79. The summed E-state index contributed by atoms with van der Waals surface area (Å²) >= 11 is 2.05. The largest absolute Gasteiger partial charge is 0.298 e. The SMILES string of the molecule is O=C1CCN(CC2CCSC2)C1. The minimum atomic E-state index is 0.431. The van der Waals surface area contributed by atoms with Crippen LogP contribution in [0.4, 0.5) is 0 Å². The smallest absolute Gasteiger partial charge is 0.148 e. The summed E-state index contributed by atoms with van der Waals surface area (Å²) in [6.45, 7) is 2.90. The maximum atomic E-state index is 11.0. The van der Waals surface area contributed by atoms with E-state index in [0.29, 0.717) is 5.78 Å². The molecule has 2 heterocycles. The highest BCUT2D eigenvalue weighted by Crippen LogP contribution is 2.24. The Kier molecular flexibility index (Phi) is 2.71. The summed E-state index contributed by atoms with van der Waals surface area (Å²) in [4.78, 5) is 13.3. The number of carbonyl (C=O) groups excluding carboxylic acids is 1. The van der Waals surface area contributed by atoms with Gasteiger partial charge in [-0.25, -0.2) is 0 Å². The lowest BCUT2D eigenvalue weighted by Crippen LogP contribution is -2.27. The van der Waals surface area contributed by atoms with Crippen molar-refractivity contribution in [1.29, 1.82) is 0 Å². The highest BCUT2D eigenvalue weighted by molar-refractivity contribution is 7.99. The number of thioether (sulfide) groups is 1. The molecule has 2 aliphatic heterocycles. The molecule has 3 heteroatoms. The zero-order valence-corrected chi connectivity index (χ0v) is 8.11. The summed E-state index contributed by atoms with van der Waals surface area (Å²) in [5.74, 6) is 3.93. The summed E-state index contributed by atoms with van der Waals surface area (Å²) in [6.07, 6.45) is 2.15. The first-order valence-electron chi connectivity index (χ1n) is 4.66. The summed E-state index contributed by atoms with van der Waals surface area (Å²) in [5.41, 5.74) is 0. The number of carbonyl (C=O) groups is 1. The van der Waals surface area contributed by atoms with Gasteiger partial charge in [-0.1, -0.05) is 0 Å². The first kappa shape index (κ1) is 8.57. The lowest BCUT2D eigenvalue weighted by atomic mass is 10.1. The Hall–Kier alpha value is -0.0200. The molecule has 2 saturated heterocycles. The van der Waals surface area contributed by atoms with Crippen molar-refractivity contribution in [3.63, 3.8) is 0 Å². The fourth-order valence-electron chi connectivity index (χ4n) is 1.94. The molecule has 1 atom stereocenters. The van der Waals surface area contributed by atoms with E-state index in [2.05, 4.69) is 16.7 Å². The van der Waals surface area contributed by atoms with E-state index in [1.165, 1.54) is 24.5 Å². The van der Waals surface area contributed by atoms with Crippen LogP contribution in [0, 0.1) is 5.92 Å². The fourth-order valence-corrected chi connectivity index (χ4v) is 3.21. The molecular weight excluding hydrogens is 170 g/mol. The van der Waals surface area contributed by atoms with Gasteiger partial charge in [0.15, 0.2) is 0 Å². The van der Waals surface area contributed by atoms with E-state index in [-0.39, 0.29) is 0 Å². The van der Waals surface area contributed by atoms with Crippen LogP contribution in [0.5, 0.6) is 0 Å². The molecule has 0 N–H and O–H groups in total. The predicted molar refractivity (Wildman–Crippen MR) is 51.5 cm³/mol. The minimum absolute atomic E-state index is 0.431. The Bertz CT molecular complexity index is 177. The lowest BCUT2D eigenvalue weighted by molar-refractivity contribution is -0.116. The molecule has 0 aromatic rings. The molecule has 2 aliphatic rings. The van der Waals surface area contributed by atoms with Gasteiger partial charge in [-0.2, -0.15) is 11.8 Å². The second-order valence-corrected chi connectivity index (χ2v) is 4.90. The van der Waals surface area contributed by atoms with E-state index >= 15 is 0 Å². The average molecular weight is 185 g/mol. The predicted octanol–water partition coefficient (Wildman–Crippen LogP) is 1.01. The molecule has 0 saturated carbocycles. The molecule has 68 valence electrons. The number of hydrogen-bond donors (Lipinski definition) is 0. The standard InChI is InChI=1S/C9H15NOS/c11-9-1-3-10(6-9)5-8-2-4-12-7-8/h8H,1-7H2. The van der Waals surface area contributed by atoms with Gasteiger partial charge in [0.1, 0.15) is 5.78 Å². The van der Waals surface area contributed by atoms with Crippen molar-refractivity contribution in [3.8, 4) is 0 Å². The third-order valence-corrected chi connectivity index (χ3v) is 3.88. The van der Waals surface area contributed by atoms with Crippen LogP contribution in [-0.2, 0) is 4.79 Å². The average Bonchev–Trinajstić information content (AvgIpc) is 2.63. The number of Topliss-reactive ketones (excluding diaryl/α,β-unsaturated/α-hetero) is 1. The molecule has 12 heavy (non-hydrogen) atoms. The van der Waals surface area contributed by atoms with Crippen LogP contribution in [0.3, 0.4) is 0 Å². The van der Waals surface area contributed by atoms with Crippen molar-refractivity contribution in [2.24, 2.45) is 5.92 Å². The van der Waals surface area contributed by atoms with Gasteiger partial charge in [-0.15, -0.1) is 0 Å². The van der Waals surface area contributed by atoms with Crippen molar-refractivity contribution in [3.05, 3.63) is 0 Å². The number of likely N-dealkylation sites (tertiary alicyclic amines) is 1. The normalized spacial score (nSPS) is 31.7. The van der Waals surface area contributed by atoms with Gasteiger partial charge in [0.2, 0.25) is 0 Å². The summed E-state index contributed by atoms with van der Waals surface area (Å²) in [7, 11) is 0. The third-order valence-electron chi connectivity index (χ3n) is 2.65. The van der Waals surface area contributed by atoms with Crippen LogP contribution in [0.15, 0.2) is 0 Å². The highest BCUT2D eigenvalue weighted by Gasteiger charge is 2.24. The number of ketones is 1. The Labute approximate surface area is 77.7 Å². The van der Waals surface area contributed by atoms with Gasteiger partial charge in [-0.3, -0.25) is 9.69 Å². The van der Waals surface area contributed by atoms with Crippen molar-refractivity contribution >= 4 is 17.5 Å². The topological polar surface area (TPSA) is 20.3 Å². The molecule has 2 rings (SSSR count). The molecule has 1 unspecified atom stereocenters. The van der Waals surface area contributed by atoms with Crippen molar-refractivity contribution in [2.45, 2.75) is 12.8 Å². The second-order valence-electron chi connectivity index (χ2n) is 3.75. The molecule has 0 radical (unpaired) electrons. The van der Waals surface area contributed by atoms with Gasteiger partial charge in [-0.05, 0) is 23.8 Å². The van der Waals surface area contributed by atoms with Gasteiger partial charge >= 0.3 is 0 Å². The Balaban J connectivity index is 1.75. The maximum absolute atomic E-state index is 11.0. The van der Waals surface area contributed by atoms with Crippen LogP contribution in [0.25, 0.3) is 0 Å².